The van der Waals surface area contributed by atoms with Gasteiger partial charge >= 0.3 is 23.9 Å². The molecule has 0 saturated carbocycles. The summed E-state index contributed by atoms with van der Waals surface area (Å²) in [5, 5.41) is 3.38. The van der Waals surface area contributed by atoms with Crippen LogP contribution in [0.4, 0.5) is 0 Å². The van der Waals surface area contributed by atoms with Crippen molar-refractivity contribution in [2.24, 2.45) is 5.11 Å². The molecule has 1 saturated heterocycles. The fraction of sp³-hybridized carbons (Fsp3) is 0.714. The predicted octanol–water partition coefficient (Wildman–Crippen LogP) is 0.380. The van der Waals surface area contributed by atoms with Gasteiger partial charge in [-0.1, -0.05) is 5.11 Å². The largest absolute Gasteiger partial charge is 0.463 e. The standard InChI is InChI=1S/C14H19N3O9/c1-6(18)22-5-10-11(23-7(2)19)12(24-8(3)20)13(25-9(4)21)14(26-10)16-17-15/h10-14H,5H2,1-4H3/t10-,11-,12+,13-,14-/m1/s1. The number of hydrogen-bond donors (Lipinski definition) is 0. The SMILES string of the molecule is CC(=O)OC[C@H]1O[C@@H](N=[N+]=[N-])[C@H](OC(C)=O)[C@@H](OC(C)=O)[C@@H]1OC(C)=O. The Hall–Kier alpha value is -2.85. The Morgan fingerprint density at radius 3 is 1.85 bits per heavy atom. The summed E-state index contributed by atoms with van der Waals surface area (Å²) in [6.45, 7) is 4.06. The summed E-state index contributed by atoms with van der Waals surface area (Å²) in [5.74, 6) is -2.92. The Morgan fingerprint density at radius 2 is 1.38 bits per heavy atom. The van der Waals surface area contributed by atoms with Gasteiger partial charge in [-0.25, -0.2) is 0 Å². The smallest absolute Gasteiger partial charge is 0.303 e. The highest BCUT2D eigenvalue weighted by Gasteiger charge is 2.51. The third kappa shape index (κ3) is 6.22. The lowest BCUT2D eigenvalue weighted by Gasteiger charge is -2.43. The van der Waals surface area contributed by atoms with Gasteiger partial charge in [0, 0.05) is 32.6 Å². The number of azide groups is 1. The first-order valence-electron chi connectivity index (χ1n) is 7.50. The van der Waals surface area contributed by atoms with Gasteiger partial charge < -0.3 is 23.7 Å². The topological polar surface area (TPSA) is 163 Å². The van der Waals surface area contributed by atoms with Crippen molar-refractivity contribution < 1.29 is 42.9 Å². The van der Waals surface area contributed by atoms with Gasteiger partial charge in [0.05, 0.1) is 0 Å². The number of ether oxygens (including phenoxy) is 5. The zero-order valence-electron chi connectivity index (χ0n) is 14.6. The van der Waals surface area contributed by atoms with E-state index < -0.39 is 54.5 Å². The molecule has 0 aromatic carbocycles. The number of carbonyl (C=O) groups is 4. The maximum Gasteiger partial charge on any atom is 0.303 e. The van der Waals surface area contributed by atoms with Gasteiger partial charge in [-0.15, -0.1) is 0 Å². The molecule has 0 bridgehead atoms. The first-order chi connectivity index (χ1) is 12.1. The molecule has 1 rings (SSSR count). The Labute approximate surface area is 148 Å². The van der Waals surface area contributed by atoms with Gasteiger partial charge in [-0.05, 0) is 5.53 Å². The summed E-state index contributed by atoms with van der Waals surface area (Å²) in [7, 11) is 0. The van der Waals surface area contributed by atoms with Crippen molar-refractivity contribution in [1.29, 1.82) is 0 Å². The molecule has 1 aliphatic rings. The quantitative estimate of drug-likeness (QED) is 0.210. The molecule has 0 aromatic rings. The summed E-state index contributed by atoms with van der Waals surface area (Å²) in [5.41, 5.74) is 8.71. The molecule has 0 spiro atoms. The summed E-state index contributed by atoms with van der Waals surface area (Å²) in [4.78, 5) is 48.0. The van der Waals surface area contributed by atoms with E-state index in [1.54, 1.807) is 0 Å². The van der Waals surface area contributed by atoms with E-state index in [2.05, 4.69) is 10.0 Å². The van der Waals surface area contributed by atoms with Crippen molar-refractivity contribution in [2.45, 2.75) is 58.3 Å². The molecule has 0 N–H and O–H groups in total. The molecule has 0 aliphatic carbocycles. The fourth-order valence-corrected chi connectivity index (χ4v) is 2.35. The first-order valence-corrected chi connectivity index (χ1v) is 7.50. The Morgan fingerprint density at radius 1 is 0.885 bits per heavy atom. The lowest BCUT2D eigenvalue weighted by atomic mass is 9.97. The van der Waals surface area contributed by atoms with Crippen LogP contribution in [0.3, 0.4) is 0 Å². The Balaban J connectivity index is 3.28. The Kier molecular flexibility index (Phi) is 7.81. The van der Waals surface area contributed by atoms with Gasteiger partial charge in [0.25, 0.3) is 0 Å². The van der Waals surface area contributed by atoms with Crippen LogP contribution in [0.2, 0.25) is 0 Å². The lowest BCUT2D eigenvalue weighted by Crippen LogP contribution is -2.61. The average Bonchev–Trinajstić information content (AvgIpc) is 2.50. The summed E-state index contributed by atoms with van der Waals surface area (Å²) in [6.07, 6.45) is -6.52. The number of nitrogens with zero attached hydrogens (tertiary/aromatic N) is 3. The second kappa shape index (κ2) is 9.59. The van der Waals surface area contributed by atoms with E-state index in [1.165, 1.54) is 0 Å². The third-order valence-electron chi connectivity index (χ3n) is 3.13. The van der Waals surface area contributed by atoms with Gasteiger partial charge in [-0.2, -0.15) is 0 Å². The van der Waals surface area contributed by atoms with E-state index in [-0.39, 0.29) is 6.61 Å². The zero-order valence-corrected chi connectivity index (χ0v) is 14.6. The van der Waals surface area contributed by atoms with E-state index in [0.29, 0.717) is 0 Å². The third-order valence-corrected chi connectivity index (χ3v) is 3.13. The number of rotatable bonds is 6. The minimum Gasteiger partial charge on any atom is -0.463 e. The molecule has 0 unspecified atom stereocenters. The van der Waals surface area contributed by atoms with Crippen molar-refractivity contribution in [3.63, 3.8) is 0 Å². The maximum absolute atomic E-state index is 11.5. The van der Waals surface area contributed by atoms with Crippen LogP contribution in [-0.4, -0.2) is 61.1 Å². The van der Waals surface area contributed by atoms with E-state index in [1.807, 2.05) is 0 Å². The second-order valence-electron chi connectivity index (χ2n) is 5.29. The molecular formula is C14H19N3O9. The number of carbonyl (C=O) groups excluding carboxylic acids is 4. The van der Waals surface area contributed by atoms with Crippen LogP contribution in [0.15, 0.2) is 5.11 Å². The van der Waals surface area contributed by atoms with Gasteiger partial charge in [0.2, 0.25) is 0 Å². The van der Waals surface area contributed by atoms with Gasteiger partial charge in [0.1, 0.15) is 12.7 Å². The van der Waals surface area contributed by atoms with Crippen LogP contribution in [0.25, 0.3) is 10.4 Å². The van der Waals surface area contributed by atoms with Crippen LogP contribution in [-0.2, 0) is 42.9 Å². The monoisotopic (exact) mass is 373 g/mol. The van der Waals surface area contributed by atoms with E-state index in [0.717, 1.165) is 27.7 Å². The number of hydrogen-bond acceptors (Lipinski definition) is 10. The summed E-state index contributed by atoms with van der Waals surface area (Å²) in [6, 6.07) is 0. The van der Waals surface area contributed by atoms with Gasteiger partial charge in [0.15, 0.2) is 24.5 Å². The highest BCUT2D eigenvalue weighted by atomic mass is 16.7. The van der Waals surface area contributed by atoms with Crippen LogP contribution in [0.1, 0.15) is 27.7 Å². The molecule has 144 valence electrons. The normalized spacial score (nSPS) is 27.5. The van der Waals surface area contributed by atoms with Crippen molar-refractivity contribution in [3.8, 4) is 0 Å². The summed E-state index contributed by atoms with van der Waals surface area (Å²) < 4.78 is 25.6. The molecule has 12 nitrogen and oxygen atoms in total. The van der Waals surface area contributed by atoms with Crippen molar-refractivity contribution in [2.75, 3.05) is 6.61 Å². The van der Waals surface area contributed by atoms with Crippen molar-refractivity contribution in [1.82, 2.24) is 0 Å². The number of esters is 4. The van der Waals surface area contributed by atoms with Crippen molar-refractivity contribution in [3.05, 3.63) is 10.4 Å². The fourth-order valence-electron chi connectivity index (χ4n) is 2.35. The van der Waals surface area contributed by atoms with Crippen LogP contribution < -0.4 is 0 Å². The minimum absolute atomic E-state index is 0.380. The summed E-state index contributed by atoms with van der Waals surface area (Å²) >= 11 is 0. The molecule has 0 aromatic heterocycles. The van der Waals surface area contributed by atoms with Crippen LogP contribution >= 0.6 is 0 Å². The minimum atomic E-state index is -1.40. The Bertz CT molecular complexity index is 617. The molecular weight excluding hydrogens is 354 g/mol. The van der Waals surface area contributed by atoms with Crippen molar-refractivity contribution >= 4 is 23.9 Å². The molecule has 0 amide bonds. The average molecular weight is 373 g/mol. The molecule has 26 heavy (non-hydrogen) atoms. The van der Waals surface area contributed by atoms with Crippen LogP contribution in [0, 0.1) is 0 Å². The molecule has 1 heterocycles. The van der Waals surface area contributed by atoms with E-state index in [4.69, 9.17) is 29.2 Å². The van der Waals surface area contributed by atoms with E-state index in [9.17, 15) is 19.2 Å². The van der Waals surface area contributed by atoms with E-state index >= 15 is 0 Å². The molecule has 12 heteroatoms. The lowest BCUT2D eigenvalue weighted by molar-refractivity contribution is -0.251. The highest BCUT2D eigenvalue weighted by Crippen LogP contribution is 2.29. The molecule has 1 aliphatic heterocycles. The first kappa shape index (κ1) is 21.2. The highest BCUT2D eigenvalue weighted by molar-refractivity contribution is 5.68. The molecule has 0 radical (unpaired) electrons. The second-order valence-corrected chi connectivity index (χ2v) is 5.29. The van der Waals surface area contributed by atoms with Gasteiger partial charge in [-0.3, -0.25) is 19.2 Å². The maximum atomic E-state index is 11.5. The van der Waals surface area contributed by atoms with Crippen LogP contribution in [0.5, 0.6) is 0 Å². The molecule has 1 fully saturated rings. The zero-order chi connectivity index (χ0) is 19.9. The molecule has 5 atom stereocenters. The predicted molar refractivity (Wildman–Crippen MR) is 81.1 cm³/mol.